The molecule has 0 fully saturated rings. The van der Waals surface area contributed by atoms with E-state index in [0.717, 1.165) is 39.1 Å². The van der Waals surface area contributed by atoms with E-state index in [0.29, 0.717) is 17.5 Å². The maximum Gasteiger partial charge on any atom is 0.164 e. The second kappa shape index (κ2) is 14.2. The molecule has 6 heteroatoms. The van der Waals surface area contributed by atoms with Crippen LogP contribution < -0.4 is 0 Å². The van der Waals surface area contributed by atoms with Crippen molar-refractivity contribution in [2.45, 2.75) is 0 Å². The molecule has 0 aliphatic heterocycles. The molecule has 9 aromatic carbocycles. The summed E-state index contributed by atoms with van der Waals surface area (Å²) in [4.78, 5) is 15.5. The number of fused-ring (bicyclic) bond motifs is 9. The van der Waals surface area contributed by atoms with E-state index >= 15 is 0 Å². The molecule has 0 aliphatic rings. The van der Waals surface area contributed by atoms with E-state index in [-0.39, 0.29) is 0 Å². The van der Waals surface area contributed by atoms with Crippen molar-refractivity contribution in [3.05, 3.63) is 212 Å². The zero-order chi connectivity index (χ0) is 41.4. The van der Waals surface area contributed by atoms with Gasteiger partial charge in [0.1, 0.15) is 0 Å². The summed E-state index contributed by atoms with van der Waals surface area (Å²) in [5.74, 6) is 1.90. The summed E-state index contributed by atoms with van der Waals surface area (Å²) in [5.41, 5.74) is 11.9. The van der Waals surface area contributed by atoms with E-state index in [4.69, 9.17) is 15.0 Å². The van der Waals surface area contributed by atoms with Crippen molar-refractivity contribution in [2.75, 3.05) is 0 Å². The fourth-order valence-corrected chi connectivity index (χ4v) is 10.5. The molecule has 0 N–H and O–H groups in total. The standard InChI is InChI=1S/C57H35N5S/c1-3-14-36(15-4-1)38-26-30-51-47(33-38)45-29-28-42(61-49-23-10-7-20-43(49)44-21-8-11-24-50(44)61)35-52(45)62(51)41-19-13-18-39(32-41)56-58-55(37-16-5-2-6-17-37)59-57(60-56)40-27-31-54-48(34-40)46-22-9-12-25-53(46)63-54/h1-35H. The highest BCUT2D eigenvalue weighted by Crippen LogP contribution is 2.40. The number of benzene rings is 9. The molecule has 0 spiro atoms. The van der Waals surface area contributed by atoms with Gasteiger partial charge in [-0.1, -0.05) is 140 Å². The fourth-order valence-electron chi connectivity index (χ4n) is 9.44. The van der Waals surface area contributed by atoms with Crippen LogP contribution in [0.4, 0.5) is 0 Å². The Morgan fingerprint density at radius 3 is 1.52 bits per heavy atom. The Hall–Kier alpha value is -8.19. The highest BCUT2D eigenvalue weighted by atomic mass is 32.1. The van der Waals surface area contributed by atoms with Crippen LogP contribution in [0.15, 0.2) is 212 Å². The maximum atomic E-state index is 5.24. The molecule has 0 amide bonds. The second-order valence-corrected chi connectivity index (χ2v) is 17.1. The smallest absolute Gasteiger partial charge is 0.164 e. The van der Waals surface area contributed by atoms with Gasteiger partial charge in [-0.3, -0.25) is 0 Å². The molecule has 63 heavy (non-hydrogen) atoms. The molecule has 5 nitrogen and oxygen atoms in total. The van der Waals surface area contributed by atoms with E-state index in [9.17, 15) is 0 Å². The summed E-state index contributed by atoms with van der Waals surface area (Å²) in [6, 6.07) is 75.8. The van der Waals surface area contributed by atoms with E-state index in [2.05, 4.69) is 203 Å². The van der Waals surface area contributed by atoms with E-state index in [1.165, 1.54) is 63.9 Å². The summed E-state index contributed by atoms with van der Waals surface area (Å²) in [6.07, 6.45) is 0. The van der Waals surface area contributed by atoms with Crippen LogP contribution in [0.3, 0.4) is 0 Å². The number of thiophene rings is 1. The minimum absolute atomic E-state index is 0.620. The van der Waals surface area contributed by atoms with E-state index in [1.807, 2.05) is 29.5 Å². The zero-order valence-electron chi connectivity index (χ0n) is 33.9. The third-order valence-electron chi connectivity index (χ3n) is 12.4. The van der Waals surface area contributed by atoms with Crippen molar-refractivity contribution in [1.82, 2.24) is 24.1 Å². The maximum absolute atomic E-state index is 5.24. The molecule has 0 aliphatic carbocycles. The summed E-state index contributed by atoms with van der Waals surface area (Å²) in [5, 5.41) is 7.31. The summed E-state index contributed by atoms with van der Waals surface area (Å²) < 4.78 is 7.31. The van der Waals surface area contributed by atoms with Crippen LogP contribution in [0.2, 0.25) is 0 Å². The average Bonchev–Trinajstić information content (AvgIpc) is 4.01. The normalized spacial score (nSPS) is 11.8. The molecule has 13 rings (SSSR count). The van der Waals surface area contributed by atoms with Gasteiger partial charge < -0.3 is 9.13 Å². The van der Waals surface area contributed by atoms with Gasteiger partial charge in [-0.25, -0.2) is 15.0 Å². The van der Waals surface area contributed by atoms with Crippen LogP contribution in [-0.2, 0) is 0 Å². The molecule has 294 valence electrons. The summed E-state index contributed by atoms with van der Waals surface area (Å²) in [7, 11) is 0. The number of nitrogens with zero attached hydrogens (tertiary/aromatic N) is 5. The van der Waals surface area contributed by atoms with Crippen LogP contribution in [0.1, 0.15) is 0 Å². The topological polar surface area (TPSA) is 48.5 Å². The summed E-state index contributed by atoms with van der Waals surface area (Å²) in [6.45, 7) is 0. The highest BCUT2D eigenvalue weighted by Gasteiger charge is 2.19. The Kier molecular flexibility index (Phi) is 8.01. The van der Waals surface area contributed by atoms with Crippen LogP contribution >= 0.6 is 11.3 Å². The lowest BCUT2D eigenvalue weighted by atomic mass is 10.0. The molecule has 0 saturated heterocycles. The third kappa shape index (κ3) is 5.80. The Balaban J connectivity index is 1.02. The predicted molar refractivity (Wildman–Crippen MR) is 263 cm³/mol. The largest absolute Gasteiger partial charge is 0.309 e. The van der Waals surface area contributed by atoms with Gasteiger partial charge in [0.15, 0.2) is 17.5 Å². The third-order valence-corrected chi connectivity index (χ3v) is 13.5. The first-order chi connectivity index (χ1) is 31.2. The van der Waals surface area contributed by atoms with Crippen molar-refractivity contribution in [1.29, 1.82) is 0 Å². The first kappa shape index (κ1) is 35.6. The van der Waals surface area contributed by atoms with Crippen molar-refractivity contribution in [2.24, 2.45) is 0 Å². The first-order valence-corrected chi connectivity index (χ1v) is 22.0. The predicted octanol–water partition coefficient (Wildman–Crippen LogP) is 15.1. The number of hydrogen-bond donors (Lipinski definition) is 0. The Morgan fingerprint density at radius 1 is 0.270 bits per heavy atom. The summed E-state index contributed by atoms with van der Waals surface area (Å²) >= 11 is 1.81. The van der Waals surface area contributed by atoms with Gasteiger partial charge >= 0.3 is 0 Å². The lowest BCUT2D eigenvalue weighted by Crippen LogP contribution is -2.01. The molecular weight excluding hydrogens is 787 g/mol. The minimum Gasteiger partial charge on any atom is -0.309 e. The number of aromatic nitrogens is 5. The van der Waals surface area contributed by atoms with Crippen molar-refractivity contribution < 1.29 is 0 Å². The average molecular weight is 822 g/mol. The quantitative estimate of drug-likeness (QED) is 0.168. The molecule has 0 saturated carbocycles. The second-order valence-electron chi connectivity index (χ2n) is 16.0. The van der Waals surface area contributed by atoms with Gasteiger partial charge in [-0.05, 0) is 83.9 Å². The van der Waals surface area contributed by atoms with Crippen LogP contribution in [0.5, 0.6) is 0 Å². The number of hydrogen-bond acceptors (Lipinski definition) is 4. The SMILES string of the molecule is c1ccc(-c2ccc3c(c2)c2ccc(-n4c5ccccc5c5ccccc54)cc2n3-c2cccc(-c3nc(-c4ccccc4)nc(-c4ccc5sc6ccccc6c5c4)n3)c2)cc1. The molecule has 0 unspecified atom stereocenters. The van der Waals surface area contributed by atoms with Gasteiger partial charge in [-0.2, -0.15) is 0 Å². The molecule has 4 aromatic heterocycles. The Labute approximate surface area is 366 Å². The van der Waals surface area contributed by atoms with E-state index in [1.54, 1.807) is 0 Å². The molecule has 0 bridgehead atoms. The van der Waals surface area contributed by atoms with Crippen molar-refractivity contribution in [3.8, 4) is 56.7 Å². The van der Waals surface area contributed by atoms with Crippen LogP contribution in [0.25, 0.3) is 120 Å². The lowest BCUT2D eigenvalue weighted by Gasteiger charge is -2.13. The van der Waals surface area contributed by atoms with Crippen molar-refractivity contribution in [3.63, 3.8) is 0 Å². The van der Waals surface area contributed by atoms with Gasteiger partial charge in [0.2, 0.25) is 0 Å². The number of rotatable bonds is 6. The van der Waals surface area contributed by atoms with E-state index < -0.39 is 0 Å². The lowest BCUT2D eigenvalue weighted by molar-refractivity contribution is 1.07. The molecule has 4 heterocycles. The Morgan fingerprint density at radius 2 is 0.778 bits per heavy atom. The Bertz CT molecular complexity index is 3860. The monoisotopic (exact) mass is 821 g/mol. The van der Waals surface area contributed by atoms with Gasteiger partial charge in [0.05, 0.1) is 22.1 Å². The molecule has 0 atom stereocenters. The van der Waals surface area contributed by atoms with Gasteiger partial charge in [0.25, 0.3) is 0 Å². The zero-order valence-corrected chi connectivity index (χ0v) is 34.7. The highest BCUT2D eigenvalue weighted by molar-refractivity contribution is 7.25. The molecule has 0 radical (unpaired) electrons. The van der Waals surface area contributed by atoms with Crippen LogP contribution in [0, 0.1) is 0 Å². The molecular formula is C57H35N5S. The van der Waals surface area contributed by atoms with Crippen LogP contribution in [-0.4, -0.2) is 24.1 Å². The van der Waals surface area contributed by atoms with Gasteiger partial charge in [-0.15, -0.1) is 11.3 Å². The van der Waals surface area contributed by atoms with Gasteiger partial charge in [0, 0.05) is 69.8 Å². The molecule has 13 aromatic rings. The first-order valence-electron chi connectivity index (χ1n) is 21.2. The van der Waals surface area contributed by atoms with Crippen molar-refractivity contribution >= 4 is 75.1 Å². The minimum atomic E-state index is 0.620. The number of para-hydroxylation sites is 2. The fraction of sp³-hybridized carbons (Fsp3) is 0.